The Kier molecular flexibility index (Phi) is 2.40. The summed E-state index contributed by atoms with van der Waals surface area (Å²) in [6.07, 6.45) is 4.32. The second-order valence-electron chi connectivity index (χ2n) is 6.15. The van der Waals surface area contributed by atoms with Gasteiger partial charge in [0, 0.05) is 18.8 Å². The molecule has 0 radical (unpaired) electrons. The SMILES string of the molecule is CC(C)c1nccc2c1N(C)Cc1nn(C3CC3)nc1-2. The molecule has 5 heteroatoms. The van der Waals surface area contributed by atoms with E-state index in [0.717, 1.165) is 23.6 Å². The summed E-state index contributed by atoms with van der Waals surface area (Å²) in [4.78, 5) is 8.75. The molecule has 2 aliphatic rings. The second kappa shape index (κ2) is 4.04. The molecule has 0 unspecified atom stereocenters. The molecule has 5 nitrogen and oxygen atoms in total. The molecule has 1 aliphatic heterocycles. The number of fused-ring (bicyclic) bond motifs is 3. The molecule has 0 atom stereocenters. The van der Waals surface area contributed by atoms with E-state index in [1.54, 1.807) is 0 Å². The van der Waals surface area contributed by atoms with Crippen LogP contribution < -0.4 is 4.90 Å². The molecule has 2 aromatic heterocycles. The minimum absolute atomic E-state index is 0.410. The molecule has 0 amide bonds. The number of pyridine rings is 1. The van der Waals surface area contributed by atoms with Crippen LogP contribution in [0.3, 0.4) is 0 Å². The molecule has 0 spiro atoms. The van der Waals surface area contributed by atoms with Crippen molar-refractivity contribution in [3.05, 3.63) is 23.7 Å². The number of aromatic nitrogens is 4. The summed E-state index contributed by atoms with van der Waals surface area (Å²) in [5.74, 6) is 0.410. The van der Waals surface area contributed by atoms with Crippen LogP contribution in [0.2, 0.25) is 0 Å². The minimum atomic E-state index is 0.410. The summed E-state index contributed by atoms with van der Waals surface area (Å²) >= 11 is 0. The van der Waals surface area contributed by atoms with Crippen LogP contribution in [0.1, 0.15) is 50.0 Å². The Bertz CT molecular complexity index is 669. The number of hydrogen-bond donors (Lipinski definition) is 0. The molecule has 0 saturated heterocycles. The Balaban J connectivity index is 1.91. The molecule has 3 heterocycles. The summed E-state index contributed by atoms with van der Waals surface area (Å²) < 4.78 is 0. The first-order valence-corrected chi connectivity index (χ1v) is 7.31. The van der Waals surface area contributed by atoms with Crippen molar-refractivity contribution in [1.82, 2.24) is 20.0 Å². The predicted molar refractivity (Wildman–Crippen MR) is 77.7 cm³/mol. The highest BCUT2D eigenvalue weighted by atomic mass is 15.5. The van der Waals surface area contributed by atoms with E-state index in [1.807, 2.05) is 11.0 Å². The van der Waals surface area contributed by atoms with Gasteiger partial charge >= 0.3 is 0 Å². The number of hydrogen-bond acceptors (Lipinski definition) is 4. The van der Waals surface area contributed by atoms with Gasteiger partial charge in [-0.25, -0.2) is 0 Å². The van der Waals surface area contributed by atoms with Gasteiger partial charge in [0.2, 0.25) is 0 Å². The molecule has 0 aromatic carbocycles. The van der Waals surface area contributed by atoms with E-state index in [-0.39, 0.29) is 0 Å². The summed E-state index contributed by atoms with van der Waals surface area (Å²) in [5, 5.41) is 9.42. The maximum atomic E-state index is 4.74. The van der Waals surface area contributed by atoms with Crippen molar-refractivity contribution in [1.29, 1.82) is 0 Å². The highest BCUT2D eigenvalue weighted by molar-refractivity contribution is 5.81. The molecule has 1 saturated carbocycles. The summed E-state index contributed by atoms with van der Waals surface area (Å²) in [5.41, 5.74) is 5.69. The third-order valence-electron chi connectivity index (χ3n) is 4.10. The van der Waals surface area contributed by atoms with Crippen molar-refractivity contribution >= 4 is 5.69 Å². The van der Waals surface area contributed by atoms with Gasteiger partial charge in [0.1, 0.15) is 11.4 Å². The van der Waals surface area contributed by atoms with E-state index in [2.05, 4.69) is 41.9 Å². The lowest BCUT2D eigenvalue weighted by Crippen LogP contribution is -2.24. The van der Waals surface area contributed by atoms with Gasteiger partial charge in [-0.2, -0.15) is 15.0 Å². The first kappa shape index (κ1) is 11.9. The van der Waals surface area contributed by atoms with E-state index >= 15 is 0 Å². The Hall–Kier alpha value is -1.91. The van der Waals surface area contributed by atoms with Gasteiger partial charge in [-0.15, -0.1) is 0 Å². The fourth-order valence-electron chi connectivity index (χ4n) is 2.93. The van der Waals surface area contributed by atoms with Crippen LogP contribution in [-0.4, -0.2) is 27.0 Å². The van der Waals surface area contributed by atoms with Crippen LogP contribution in [0.15, 0.2) is 12.3 Å². The van der Waals surface area contributed by atoms with Gasteiger partial charge in [-0.3, -0.25) is 4.98 Å². The van der Waals surface area contributed by atoms with Crippen molar-refractivity contribution < 1.29 is 0 Å². The van der Waals surface area contributed by atoms with Crippen LogP contribution in [0.4, 0.5) is 5.69 Å². The number of nitrogens with zero attached hydrogens (tertiary/aromatic N) is 5. The highest BCUT2D eigenvalue weighted by Gasteiger charge is 2.32. The van der Waals surface area contributed by atoms with E-state index < -0.39 is 0 Å². The van der Waals surface area contributed by atoms with Crippen LogP contribution in [0.5, 0.6) is 0 Å². The smallest absolute Gasteiger partial charge is 0.120 e. The van der Waals surface area contributed by atoms with Crippen molar-refractivity contribution in [3.63, 3.8) is 0 Å². The first-order valence-electron chi connectivity index (χ1n) is 7.31. The van der Waals surface area contributed by atoms with Gasteiger partial charge in [0.15, 0.2) is 0 Å². The van der Waals surface area contributed by atoms with Gasteiger partial charge in [0.25, 0.3) is 0 Å². The van der Waals surface area contributed by atoms with Gasteiger partial charge in [-0.05, 0) is 24.8 Å². The zero-order valence-corrected chi connectivity index (χ0v) is 12.2. The van der Waals surface area contributed by atoms with Crippen LogP contribution in [0.25, 0.3) is 11.3 Å². The van der Waals surface area contributed by atoms with Crippen molar-refractivity contribution in [3.8, 4) is 11.3 Å². The molecular weight excluding hydrogens is 250 g/mol. The lowest BCUT2D eigenvalue weighted by molar-refractivity contribution is 0.549. The number of rotatable bonds is 2. The van der Waals surface area contributed by atoms with E-state index in [1.165, 1.54) is 24.1 Å². The Morgan fingerprint density at radius 1 is 1.25 bits per heavy atom. The first-order chi connectivity index (χ1) is 9.65. The standard InChI is InChI=1S/C15H19N5/c1-9(2)13-15-11(6-7-16-13)14-12(8-19(15)3)17-20(18-14)10-4-5-10/h6-7,9-10H,4-5,8H2,1-3H3. The predicted octanol–water partition coefficient (Wildman–Crippen LogP) is 2.75. The highest BCUT2D eigenvalue weighted by Crippen LogP contribution is 2.42. The quantitative estimate of drug-likeness (QED) is 0.841. The average molecular weight is 269 g/mol. The zero-order valence-electron chi connectivity index (χ0n) is 12.2. The van der Waals surface area contributed by atoms with E-state index in [9.17, 15) is 0 Å². The Labute approximate surface area is 118 Å². The van der Waals surface area contributed by atoms with Crippen LogP contribution in [0, 0.1) is 0 Å². The van der Waals surface area contributed by atoms with E-state index in [4.69, 9.17) is 5.10 Å². The largest absolute Gasteiger partial charge is 0.366 e. The summed E-state index contributed by atoms with van der Waals surface area (Å²) in [6.45, 7) is 5.19. The lowest BCUT2D eigenvalue weighted by atomic mass is 9.98. The molecule has 0 bridgehead atoms. The Morgan fingerprint density at radius 3 is 2.75 bits per heavy atom. The van der Waals surface area contributed by atoms with Crippen LogP contribution in [-0.2, 0) is 6.54 Å². The second-order valence-corrected chi connectivity index (χ2v) is 6.15. The Morgan fingerprint density at radius 2 is 2.05 bits per heavy atom. The fourth-order valence-corrected chi connectivity index (χ4v) is 2.93. The topological polar surface area (TPSA) is 46.8 Å². The molecule has 2 aromatic rings. The normalized spacial score (nSPS) is 17.3. The maximum absolute atomic E-state index is 4.74. The molecule has 0 N–H and O–H groups in total. The molecule has 4 rings (SSSR count). The maximum Gasteiger partial charge on any atom is 0.120 e. The molecule has 1 aliphatic carbocycles. The summed E-state index contributed by atoms with van der Waals surface area (Å²) in [6, 6.07) is 2.60. The third-order valence-corrected chi connectivity index (χ3v) is 4.10. The molecular formula is C15H19N5. The van der Waals surface area contributed by atoms with Crippen molar-refractivity contribution in [2.24, 2.45) is 0 Å². The zero-order chi connectivity index (χ0) is 13.9. The van der Waals surface area contributed by atoms with E-state index in [0.29, 0.717) is 12.0 Å². The monoisotopic (exact) mass is 269 g/mol. The molecule has 1 fully saturated rings. The molecule has 20 heavy (non-hydrogen) atoms. The average Bonchev–Trinajstić information content (AvgIpc) is 3.19. The lowest BCUT2D eigenvalue weighted by Gasteiger charge is -2.28. The fraction of sp³-hybridized carbons (Fsp3) is 0.533. The van der Waals surface area contributed by atoms with Gasteiger partial charge in [0.05, 0.1) is 24.0 Å². The third kappa shape index (κ3) is 1.65. The van der Waals surface area contributed by atoms with Gasteiger partial charge < -0.3 is 4.90 Å². The van der Waals surface area contributed by atoms with Gasteiger partial charge in [-0.1, -0.05) is 13.8 Å². The minimum Gasteiger partial charge on any atom is -0.366 e. The number of anilines is 1. The molecule has 104 valence electrons. The summed E-state index contributed by atoms with van der Waals surface area (Å²) in [7, 11) is 2.12. The van der Waals surface area contributed by atoms with Crippen LogP contribution >= 0.6 is 0 Å². The van der Waals surface area contributed by atoms with Crippen molar-refractivity contribution in [2.45, 2.75) is 45.2 Å². The van der Waals surface area contributed by atoms with Crippen molar-refractivity contribution in [2.75, 3.05) is 11.9 Å².